The Morgan fingerprint density at radius 1 is 1.28 bits per heavy atom. The van der Waals surface area contributed by atoms with Crippen molar-refractivity contribution in [1.82, 2.24) is 14.8 Å². The lowest BCUT2D eigenvalue weighted by molar-refractivity contribution is 0.278. The summed E-state index contributed by atoms with van der Waals surface area (Å²) in [6.45, 7) is 2.33. The number of aromatic nitrogens is 3. The van der Waals surface area contributed by atoms with E-state index in [2.05, 4.69) is 10.2 Å². The molecule has 18 heavy (non-hydrogen) atoms. The molecule has 0 saturated heterocycles. The molecule has 5 heteroatoms. The largest absolute Gasteiger partial charge is 0.420 e. The van der Waals surface area contributed by atoms with Crippen molar-refractivity contribution >= 4 is 10.9 Å². The van der Waals surface area contributed by atoms with E-state index < -0.39 is 0 Å². The number of rotatable bonds is 3. The lowest BCUT2D eigenvalue weighted by Crippen LogP contribution is -2.03. The topological polar surface area (TPSA) is 64.1 Å². The standard InChI is InChI=1S/C13H13N3O2/c1-9-14-15-13(18-9)12-8-10-4-2-3-5-11(10)16(12)6-7-17/h2-5,8,17H,6-7H2,1H3. The molecule has 2 heterocycles. The van der Waals surface area contributed by atoms with Crippen molar-refractivity contribution in [3.63, 3.8) is 0 Å². The molecular weight excluding hydrogens is 230 g/mol. The molecule has 0 unspecified atom stereocenters. The number of fused-ring (bicyclic) bond motifs is 1. The summed E-state index contributed by atoms with van der Waals surface area (Å²) < 4.78 is 7.45. The highest BCUT2D eigenvalue weighted by molar-refractivity contribution is 5.85. The lowest BCUT2D eigenvalue weighted by atomic mass is 10.2. The predicted octanol–water partition coefficient (Wildman–Crippen LogP) is 1.99. The second-order valence-electron chi connectivity index (χ2n) is 4.09. The van der Waals surface area contributed by atoms with Gasteiger partial charge in [0.05, 0.1) is 6.61 Å². The average Bonchev–Trinajstić information content (AvgIpc) is 2.95. The maximum Gasteiger partial charge on any atom is 0.264 e. The van der Waals surface area contributed by atoms with Gasteiger partial charge in [0.1, 0.15) is 5.69 Å². The zero-order valence-electron chi connectivity index (χ0n) is 10.00. The van der Waals surface area contributed by atoms with Crippen molar-refractivity contribution < 1.29 is 9.52 Å². The Balaban J connectivity index is 2.24. The minimum atomic E-state index is 0.0682. The first-order chi connectivity index (χ1) is 8.79. The monoisotopic (exact) mass is 243 g/mol. The van der Waals surface area contributed by atoms with Gasteiger partial charge >= 0.3 is 0 Å². The highest BCUT2D eigenvalue weighted by atomic mass is 16.4. The molecule has 3 aromatic rings. The second-order valence-corrected chi connectivity index (χ2v) is 4.09. The van der Waals surface area contributed by atoms with Gasteiger partial charge in [-0.25, -0.2) is 0 Å². The molecule has 0 radical (unpaired) electrons. The number of aliphatic hydroxyl groups is 1. The minimum absolute atomic E-state index is 0.0682. The van der Waals surface area contributed by atoms with Crippen LogP contribution in [-0.2, 0) is 6.54 Å². The van der Waals surface area contributed by atoms with Gasteiger partial charge in [-0.2, -0.15) is 0 Å². The summed E-state index contributed by atoms with van der Waals surface area (Å²) in [7, 11) is 0. The summed E-state index contributed by atoms with van der Waals surface area (Å²) >= 11 is 0. The van der Waals surface area contributed by atoms with Crippen LogP contribution in [0.15, 0.2) is 34.7 Å². The van der Waals surface area contributed by atoms with Gasteiger partial charge in [0.25, 0.3) is 5.89 Å². The number of aliphatic hydroxyl groups excluding tert-OH is 1. The van der Waals surface area contributed by atoms with Crippen LogP contribution in [0.1, 0.15) is 5.89 Å². The number of nitrogens with zero attached hydrogens (tertiary/aromatic N) is 3. The molecular formula is C13H13N3O2. The van der Waals surface area contributed by atoms with Crippen LogP contribution in [0.4, 0.5) is 0 Å². The van der Waals surface area contributed by atoms with Gasteiger partial charge in [-0.05, 0) is 12.1 Å². The predicted molar refractivity (Wildman–Crippen MR) is 67.1 cm³/mol. The zero-order valence-corrected chi connectivity index (χ0v) is 10.00. The van der Waals surface area contributed by atoms with Crippen molar-refractivity contribution in [2.45, 2.75) is 13.5 Å². The Hall–Kier alpha value is -2.14. The van der Waals surface area contributed by atoms with Crippen LogP contribution in [-0.4, -0.2) is 26.5 Å². The Labute approximate surface area is 104 Å². The molecule has 0 spiro atoms. The van der Waals surface area contributed by atoms with Crippen LogP contribution in [0.3, 0.4) is 0 Å². The first-order valence-electron chi connectivity index (χ1n) is 5.79. The van der Waals surface area contributed by atoms with E-state index in [9.17, 15) is 5.11 Å². The highest BCUT2D eigenvalue weighted by Crippen LogP contribution is 2.27. The Bertz CT molecular complexity index is 684. The van der Waals surface area contributed by atoms with Gasteiger partial charge in [-0.15, -0.1) is 10.2 Å². The van der Waals surface area contributed by atoms with Crippen molar-refractivity contribution in [2.75, 3.05) is 6.61 Å². The van der Waals surface area contributed by atoms with Crippen LogP contribution in [0.25, 0.3) is 22.5 Å². The summed E-state index contributed by atoms with van der Waals surface area (Å²) in [6.07, 6.45) is 0. The molecule has 0 aliphatic heterocycles. The van der Waals surface area contributed by atoms with Gasteiger partial charge in [0.15, 0.2) is 0 Å². The molecule has 5 nitrogen and oxygen atoms in total. The Morgan fingerprint density at radius 3 is 2.83 bits per heavy atom. The minimum Gasteiger partial charge on any atom is -0.420 e. The molecule has 3 rings (SSSR count). The summed E-state index contributed by atoms with van der Waals surface area (Å²) in [6, 6.07) is 9.99. The van der Waals surface area contributed by atoms with Crippen molar-refractivity contribution in [3.8, 4) is 11.6 Å². The maximum atomic E-state index is 9.19. The molecule has 2 aromatic heterocycles. The molecule has 0 atom stereocenters. The fraction of sp³-hybridized carbons (Fsp3) is 0.231. The maximum absolute atomic E-state index is 9.19. The zero-order chi connectivity index (χ0) is 12.5. The first kappa shape index (κ1) is 11.0. The fourth-order valence-electron chi connectivity index (χ4n) is 2.13. The van der Waals surface area contributed by atoms with E-state index in [1.165, 1.54) is 0 Å². The Morgan fingerprint density at radius 2 is 2.11 bits per heavy atom. The number of hydrogen-bond donors (Lipinski definition) is 1. The van der Waals surface area contributed by atoms with Crippen LogP contribution < -0.4 is 0 Å². The summed E-state index contributed by atoms with van der Waals surface area (Å²) in [5.41, 5.74) is 1.89. The molecule has 0 aliphatic carbocycles. The van der Waals surface area contributed by atoms with E-state index >= 15 is 0 Å². The molecule has 0 amide bonds. The number of aryl methyl sites for hydroxylation is 1. The molecule has 92 valence electrons. The van der Waals surface area contributed by atoms with Gasteiger partial charge in [-0.3, -0.25) is 0 Å². The normalized spacial score (nSPS) is 11.2. The van der Waals surface area contributed by atoms with Gasteiger partial charge in [0, 0.05) is 24.4 Å². The van der Waals surface area contributed by atoms with E-state index in [1.807, 2.05) is 34.9 Å². The molecule has 0 fully saturated rings. The van der Waals surface area contributed by atoms with Crippen LogP contribution in [0.5, 0.6) is 0 Å². The third kappa shape index (κ3) is 1.69. The number of hydrogen-bond acceptors (Lipinski definition) is 4. The van der Waals surface area contributed by atoms with Crippen LogP contribution >= 0.6 is 0 Å². The van der Waals surface area contributed by atoms with Gasteiger partial charge in [-0.1, -0.05) is 18.2 Å². The van der Waals surface area contributed by atoms with E-state index in [0.29, 0.717) is 18.3 Å². The van der Waals surface area contributed by atoms with E-state index in [4.69, 9.17) is 4.42 Å². The molecule has 0 bridgehead atoms. The van der Waals surface area contributed by atoms with E-state index in [1.54, 1.807) is 6.92 Å². The number of benzene rings is 1. The summed E-state index contributed by atoms with van der Waals surface area (Å²) in [4.78, 5) is 0. The lowest BCUT2D eigenvalue weighted by Gasteiger charge is -2.05. The van der Waals surface area contributed by atoms with Crippen molar-refractivity contribution in [3.05, 3.63) is 36.2 Å². The average molecular weight is 243 g/mol. The van der Waals surface area contributed by atoms with Gasteiger partial charge < -0.3 is 14.1 Å². The number of para-hydroxylation sites is 1. The molecule has 0 aliphatic rings. The van der Waals surface area contributed by atoms with E-state index in [-0.39, 0.29) is 6.61 Å². The van der Waals surface area contributed by atoms with Crippen LogP contribution in [0, 0.1) is 6.92 Å². The first-order valence-corrected chi connectivity index (χ1v) is 5.79. The fourth-order valence-corrected chi connectivity index (χ4v) is 2.13. The van der Waals surface area contributed by atoms with Crippen molar-refractivity contribution in [1.29, 1.82) is 0 Å². The smallest absolute Gasteiger partial charge is 0.264 e. The van der Waals surface area contributed by atoms with Crippen LogP contribution in [0.2, 0.25) is 0 Å². The molecule has 1 aromatic carbocycles. The summed E-state index contributed by atoms with van der Waals surface area (Å²) in [5.74, 6) is 1.02. The molecule has 0 saturated carbocycles. The van der Waals surface area contributed by atoms with Crippen molar-refractivity contribution in [2.24, 2.45) is 0 Å². The summed E-state index contributed by atoms with van der Waals surface area (Å²) in [5, 5.41) is 18.2. The van der Waals surface area contributed by atoms with E-state index in [0.717, 1.165) is 16.6 Å². The third-order valence-electron chi connectivity index (χ3n) is 2.88. The highest BCUT2D eigenvalue weighted by Gasteiger charge is 2.14. The quantitative estimate of drug-likeness (QED) is 0.764. The third-order valence-corrected chi connectivity index (χ3v) is 2.88. The SMILES string of the molecule is Cc1nnc(-c2cc3ccccc3n2CCO)o1. The second kappa shape index (κ2) is 4.27. The molecule has 1 N–H and O–H groups in total. The Kier molecular flexibility index (Phi) is 2.60. The van der Waals surface area contributed by atoms with Gasteiger partial charge in [0.2, 0.25) is 5.89 Å².